The molecule has 0 radical (unpaired) electrons. The van der Waals surface area contributed by atoms with Crippen LogP contribution in [-0.2, 0) is 0 Å². The van der Waals surface area contributed by atoms with E-state index in [1.807, 2.05) is 0 Å². The molecule has 1 aromatic carbocycles. The average molecular weight is 280 g/mol. The van der Waals surface area contributed by atoms with Crippen LogP contribution in [0.15, 0.2) is 18.2 Å². The third kappa shape index (κ3) is 5.11. The summed E-state index contributed by atoms with van der Waals surface area (Å²) in [6.07, 6.45) is 7.01. The van der Waals surface area contributed by atoms with Crippen LogP contribution in [0, 0.1) is 0 Å². The number of benzene rings is 1. The summed E-state index contributed by atoms with van der Waals surface area (Å²) in [5.41, 5.74) is 0.148. The quantitative estimate of drug-likeness (QED) is 0.655. The van der Waals surface area contributed by atoms with Crippen LogP contribution in [0.4, 0.5) is 0 Å². The SMILES string of the molecule is CCCCCCCCOc1c(OC)cccc1C(=O)O. The molecule has 0 aromatic heterocycles. The smallest absolute Gasteiger partial charge is 0.339 e. The molecule has 1 aromatic rings. The third-order valence-electron chi connectivity index (χ3n) is 3.17. The van der Waals surface area contributed by atoms with Crippen LogP contribution in [0.2, 0.25) is 0 Å². The number of ether oxygens (including phenoxy) is 2. The molecule has 4 heteroatoms. The maximum atomic E-state index is 11.2. The zero-order chi connectivity index (χ0) is 14.8. The van der Waals surface area contributed by atoms with Gasteiger partial charge in [-0.2, -0.15) is 0 Å². The Morgan fingerprint density at radius 2 is 1.85 bits per heavy atom. The van der Waals surface area contributed by atoms with Crippen LogP contribution in [0.1, 0.15) is 55.8 Å². The summed E-state index contributed by atoms with van der Waals surface area (Å²) in [5, 5.41) is 9.15. The highest BCUT2D eigenvalue weighted by Crippen LogP contribution is 2.31. The Labute approximate surface area is 120 Å². The maximum absolute atomic E-state index is 11.2. The molecule has 0 heterocycles. The standard InChI is InChI=1S/C16H24O4/c1-3-4-5-6-7-8-12-20-15-13(16(17)18)10-9-11-14(15)19-2/h9-11H,3-8,12H2,1-2H3,(H,17,18). The van der Waals surface area contributed by atoms with Crippen molar-refractivity contribution in [1.29, 1.82) is 0 Å². The predicted octanol–water partition coefficient (Wildman–Crippen LogP) is 4.13. The monoisotopic (exact) mass is 280 g/mol. The van der Waals surface area contributed by atoms with Gasteiger partial charge >= 0.3 is 5.97 Å². The molecule has 0 saturated carbocycles. The van der Waals surface area contributed by atoms with E-state index in [0.29, 0.717) is 18.1 Å². The van der Waals surface area contributed by atoms with Gasteiger partial charge in [-0.3, -0.25) is 0 Å². The van der Waals surface area contributed by atoms with E-state index in [-0.39, 0.29) is 5.56 Å². The van der Waals surface area contributed by atoms with E-state index in [9.17, 15) is 4.79 Å². The van der Waals surface area contributed by atoms with Gasteiger partial charge in [-0.15, -0.1) is 0 Å². The number of para-hydroxylation sites is 1. The van der Waals surface area contributed by atoms with Crippen molar-refractivity contribution < 1.29 is 19.4 Å². The number of hydrogen-bond acceptors (Lipinski definition) is 3. The zero-order valence-corrected chi connectivity index (χ0v) is 12.4. The average Bonchev–Trinajstić information content (AvgIpc) is 2.46. The van der Waals surface area contributed by atoms with E-state index in [4.69, 9.17) is 14.6 Å². The van der Waals surface area contributed by atoms with Crippen molar-refractivity contribution in [3.8, 4) is 11.5 Å². The number of carboxylic acid groups (broad SMARTS) is 1. The largest absolute Gasteiger partial charge is 0.493 e. The topological polar surface area (TPSA) is 55.8 Å². The first-order chi connectivity index (χ1) is 9.70. The molecule has 1 rings (SSSR count). The lowest BCUT2D eigenvalue weighted by Crippen LogP contribution is -2.06. The molecule has 0 fully saturated rings. The molecular weight excluding hydrogens is 256 g/mol. The Kier molecular flexibility index (Phi) is 7.55. The molecule has 20 heavy (non-hydrogen) atoms. The van der Waals surface area contributed by atoms with Crippen LogP contribution in [-0.4, -0.2) is 24.8 Å². The van der Waals surface area contributed by atoms with Gasteiger partial charge in [0.1, 0.15) is 5.56 Å². The van der Waals surface area contributed by atoms with Gasteiger partial charge in [0, 0.05) is 0 Å². The van der Waals surface area contributed by atoms with Crippen LogP contribution in [0.5, 0.6) is 11.5 Å². The summed E-state index contributed by atoms with van der Waals surface area (Å²) in [4.78, 5) is 11.2. The molecule has 1 N–H and O–H groups in total. The molecular formula is C16H24O4. The number of aromatic carboxylic acids is 1. The fraction of sp³-hybridized carbons (Fsp3) is 0.562. The molecule has 0 aliphatic rings. The Bertz CT molecular complexity index is 415. The van der Waals surface area contributed by atoms with Crippen LogP contribution >= 0.6 is 0 Å². The van der Waals surface area contributed by atoms with Crippen LogP contribution in [0.25, 0.3) is 0 Å². The predicted molar refractivity (Wildman–Crippen MR) is 78.8 cm³/mol. The van der Waals surface area contributed by atoms with Crippen molar-refractivity contribution >= 4 is 5.97 Å². The van der Waals surface area contributed by atoms with E-state index in [1.165, 1.54) is 38.9 Å². The highest BCUT2D eigenvalue weighted by atomic mass is 16.5. The summed E-state index contributed by atoms with van der Waals surface area (Å²) >= 11 is 0. The minimum Gasteiger partial charge on any atom is -0.493 e. The van der Waals surface area contributed by atoms with E-state index in [1.54, 1.807) is 12.1 Å². The molecule has 0 saturated heterocycles. The van der Waals surface area contributed by atoms with Gasteiger partial charge in [0.05, 0.1) is 13.7 Å². The molecule has 0 aliphatic carbocycles. The van der Waals surface area contributed by atoms with E-state index >= 15 is 0 Å². The van der Waals surface area contributed by atoms with Gasteiger partial charge in [0.25, 0.3) is 0 Å². The molecule has 0 spiro atoms. The van der Waals surface area contributed by atoms with Gasteiger partial charge in [-0.1, -0.05) is 45.1 Å². The zero-order valence-electron chi connectivity index (χ0n) is 12.4. The number of unbranched alkanes of at least 4 members (excludes halogenated alkanes) is 5. The van der Waals surface area contributed by atoms with E-state index < -0.39 is 5.97 Å². The van der Waals surface area contributed by atoms with Gasteiger partial charge in [0.2, 0.25) is 0 Å². The maximum Gasteiger partial charge on any atom is 0.339 e. The lowest BCUT2D eigenvalue weighted by atomic mass is 10.1. The third-order valence-corrected chi connectivity index (χ3v) is 3.17. The fourth-order valence-corrected chi connectivity index (χ4v) is 2.05. The summed E-state index contributed by atoms with van der Waals surface area (Å²) in [5.74, 6) is -0.200. The van der Waals surface area contributed by atoms with Crippen LogP contribution in [0.3, 0.4) is 0 Å². The van der Waals surface area contributed by atoms with E-state index in [2.05, 4.69) is 6.92 Å². The first kappa shape index (κ1) is 16.3. The Morgan fingerprint density at radius 1 is 1.15 bits per heavy atom. The van der Waals surface area contributed by atoms with Crippen molar-refractivity contribution in [3.63, 3.8) is 0 Å². The van der Waals surface area contributed by atoms with Gasteiger partial charge in [-0.05, 0) is 18.6 Å². The van der Waals surface area contributed by atoms with Crippen molar-refractivity contribution in [3.05, 3.63) is 23.8 Å². The van der Waals surface area contributed by atoms with Crippen LogP contribution < -0.4 is 9.47 Å². The highest BCUT2D eigenvalue weighted by molar-refractivity contribution is 5.92. The number of carboxylic acids is 1. The summed E-state index contributed by atoms with van der Waals surface area (Å²) < 4.78 is 10.8. The molecule has 4 nitrogen and oxygen atoms in total. The van der Waals surface area contributed by atoms with Crippen molar-refractivity contribution in [1.82, 2.24) is 0 Å². The molecule has 0 unspecified atom stereocenters. The summed E-state index contributed by atoms with van der Waals surface area (Å²) in [6, 6.07) is 4.89. The minimum atomic E-state index is -0.998. The lowest BCUT2D eigenvalue weighted by Gasteiger charge is -2.13. The summed E-state index contributed by atoms with van der Waals surface area (Å²) in [6.45, 7) is 2.71. The van der Waals surface area contributed by atoms with Gasteiger partial charge in [0.15, 0.2) is 11.5 Å². The molecule has 0 atom stereocenters. The first-order valence-electron chi connectivity index (χ1n) is 7.23. The summed E-state index contributed by atoms with van der Waals surface area (Å²) in [7, 11) is 1.51. The Balaban J connectivity index is 2.48. The van der Waals surface area contributed by atoms with Gasteiger partial charge < -0.3 is 14.6 Å². The number of carbonyl (C=O) groups is 1. The fourth-order valence-electron chi connectivity index (χ4n) is 2.05. The van der Waals surface area contributed by atoms with Gasteiger partial charge in [-0.25, -0.2) is 4.79 Å². The van der Waals surface area contributed by atoms with E-state index in [0.717, 1.165) is 12.8 Å². The molecule has 0 aliphatic heterocycles. The molecule has 0 bridgehead atoms. The second-order valence-corrected chi connectivity index (χ2v) is 4.76. The molecule has 0 amide bonds. The second-order valence-electron chi connectivity index (χ2n) is 4.76. The van der Waals surface area contributed by atoms with Crippen molar-refractivity contribution in [2.24, 2.45) is 0 Å². The number of hydrogen-bond donors (Lipinski definition) is 1. The van der Waals surface area contributed by atoms with Crippen molar-refractivity contribution in [2.75, 3.05) is 13.7 Å². The normalized spacial score (nSPS) is 10.3. The Morgan fingerprint density at radius 3 is 2.50 bits per heavy atom. The minimum absolute atomic E-state index is 0.148. The number of methoxy groups -OCH3 is 1. The second kappa shape index (κ2) is 9.23. The molecule has 112 valence electrons. The Hall–Kier alpha value is -1.71. The number of rotatable bonds is 10. The van der Waals surface area contributed by atoms with Crippen molar-refractivity contribution in [2.45, 2.75) is 45.4 Å². The first-order valence-corrected chi connectivity index (χ1v) is 7.23. The lowest BCUT2D eigenvalue weighted by molar-refractivity contribution is 0.0691. The highest BCUT2D eigenvalue weighted by Gasteiger charge is 2.15.